The largest absolute Gasteiger partial charge is 0.497 e. The molecule has 0 saturated carbocycles. The molecule has 2 aliphatic rings. The number of nitrogens with one attached hydrogen (secondary N) is 1. The first kappa shape index (κ1) is 28.9. The Bertz CT molecular complexity index is 1170. The van der Waals surface area contributed by atoms with Gasteiger partial charge in [-0.05, 0) is 44.5 Å². The van der Waals surface area contributed by atoms with Crippen LogP contribution >= 0.6 is 11.6 Å². The zero-order valence-electron chi connectivity index (χ0n) is 23.2. The van der Waals surface area contributed by atoms with Crippen molar-refractivity contribution in [1.82, 2.24) is 20.1 Å². The van der Waals surface area contributed by atoms with Gasteiger partial charge in [-0.2, -0.15) is 5.10 Å². The molecule has 1 fully saturated rings. The van der Waals surface area contributed by atoms with Gasteiger partial charge in [0, 0.05) is 48.7 Å². The minimum Gasteiger partial charge on any atom is -0.497 e. The molecule has 4 rings (SSSR count). The number of benzene rings is 2. The van der Waals surface area contributed by atoms with E-state index in [1.807, 2.05) is 69.3 Å². The molecule has 3 amide bonds. The van der Waals surface area contributed by atoms with Gasteiger partial charge < -0.3 is 19.7 Å². The molecule has 0 spiro atoms. The van der Waals surface area contributed by atoms with Gasteiger partial charge in [0.05, 0.1) is 32.1 Å². The van der Waals surface area contributed by atoms with Gasteiger partial charge in [-0.1, -0.05) is 41.9 Å². The van der Waals surface area contributed by atoms with E-state index in [-0.39, 0.29) is 24.5 Å². The van der Waals surface area contributed by atoms with Gasteiger partial charge in [0.1, 0.15) is 12.3 Å². The molecule has 0 unspecified atom stereocenters. The fraction of sp³-hybridized carbons (Fsp3) is 0.483. The number of hydrazone groups is 1. The van der Waals surface area contributed by atoms with Crippen molar-refractivity contribution in [1.29, 1.82) is 0 Å². The molecule has 2 aromatic carbocycles. The number of hydrogen-bond donors (Lipinski definition) is 1. The van der Waals surface area contributed by atoms with Crippen LogP contribution in [0.4, 0.5) is 4.79 Å². The molecule has 0 aliphatic carbocycles. The third-order valence-corrected chi connectivity index (χ3v) is 7.07. The van der Waals surface area contributed by atoms with E-state index in [0.29, 0.717) is 37.7 Å². The number of amides is 3. The summed E-state index contributed by atoms with van der Waals surface area (Å²) in [5.41, 5.74) is 2.01. The highest BCUT2D eigenvalue weighted by molar-refractivity contribution is 6.34. The number of carbonyl (C=O) groups excluding carboxylic acids is 2. The van der Waals surface area contributed by atoms with Crippen molar-refractivity contribution in [3.63, 3.8) is 0 Å². The molecule has 39 heavy (non-hydrogen) atoms. The van der Waals surface area contributed by atoms with Gasteiger partial charge in [-0.3, -0.25) is 9.69 Å². The molecular formula is C29H38ClN5O4. The van der Waals surface area contributed by atoms with E-state index in [2.05, 4.69) is 10.2 Å². The van der Waals surface area contributed by atoms with Crippen LogP contribution in [0.5, 0.6) is 5.75 Å². The number of morpholine rings is 1. The lowest BCUT2D eigenvalue weighted by atomic mass is 9.98. The van der Waals surface area contributed by atoms with E-state index in [0.717, 1.165) is 35.7 Å². The predicted molar refractivity (Wildman–Crippen MR) is 152 cm³/mol. The first-order chi connectivity index (χ1) is 18.6. The normalized spacial score (nSPS) is 18.0. The summed E-state index contributed by atoms with van der Waals surface area (Å²) in [5, 5.41) is 9.85. The van der Waals surface area contributed by atoms with Crippen LogP contribution in [0, 0.1) is 0 Å². The summed E-state index contributed by atoms with van der Waals surface area (Å²) in [6.45, 7) is 9.69. The Morgan fingerprint density at radius 3 is 2.46 bits per heavy atom. The smallest absolute Gasteiger partial charge is 0.318 e. The molecule has 2 aromatic rings. The van der Waals surface area contributed by atoms with Crippen LogP contribution in [-0.2, 0) is 9.53 Å². The van der Waals surface area contributed by atoms with Gasteiger partial charge in [0.2, 0.25) is 0 Å². The quantitative estimate of drug-likeness (QED) is 0.528. The standard InChI is InChI=1S/C29H38ClN5O4/c1-29(2,3)31-28(37)34(14-13-33-15-17-39-18-16-33)20-27(36)35-26(21-9-11-22(38-4)12-10-21)19-25(32-35)23-7-5-6-8-24(23)30/h5-12,26H,13-20H2,1-4H3,(H,31,37)/t26-/m1/s1. The lowest BCUT2D eigenvalue weighted by molar-refractivity contribution is -0.133. The van der Waals surface area contributed by atoms with E-state index in [1.165, 1.54) is 5.01 Å². The van der Waals surface area contributed by atoms with Crippen LogP contribution < -0.4 is 10.1 Å². The Morgan fingerprint density at radius 2 is 1.82 bits per heavy atom. The first-order valence-electron chi connectivity index (χ1n) is 13.3. The molecule has 1 N–H and O–H groups in total. The number of carbonyl (C=O) groups is 2. The molecule has 2 aliphatic heterocycles. The van der Waals surface area contributed by atoms with Crippen molar-refractivity contribution in [2.45, 2.75) is 38.8 Å². The van der Waals surface area contributed by atoms with Crippen molar-refractivity contribution in [2.75, 3.05) is 53.0 Å². The molecule has 0 aromatic heterocycles. The maximum absolute atomic E-state index is 13.9. The summed E-state index contributed by atoms with van der Waals surface area (Å²) in [5.74, 6) is 0.471. The van der Waals surface area contributed by atoms with Crippen molar-refractivity contribution in [2.24, 2.45) is 5.10 Å². The number of rotatable bonds is 8. The van der Waals surface area contributed by atoms with Crippen molar-refractivity contribution >= 4 is 29.3 Å². The maximum Gasteiger partial charge on any atom is 0.318 e. The Kier molecular flexibility index (Phi) is 9.48. The molecule has 0 bridgehead atoms. The van der Waals surface area contributed by atoms with Crippen LogP contribution in [0.3, 0.4) is 0 Å². The van der Waals surface area contributed by atoms with Crippen LogP contribution in [0.1, 0.15) is 44.4 Å². The number of ether oxygens (including phenoxy) is 2. The van der Waals surface area contributed by atoms with Crippen molar-refractivity contribution < 1.29 is 19.1 Å². The second-order valence-electron chi connectivity index (χ2n) is 10.8. The Hall–Kier alpha value is -3.14. The summed E-state index contributed by atoms with van der Waals surface area (Å²) >= 11 is 6.49. The predicted octanol–water partition coefficient (Wildman–Crippen LogP) is 4.17. The van der Waals surface area contributed by atoms with Crippen LogP contribution in [0.25, 0.3) is 0 Å². The lowest BCUT2D eigenvalue weighted by Crippen LogP contribution is -2.53. The van der Waals surface area contributed by atoms with Crippen molar-refractivity contribution in [3.05, 3.63) is 64.7 Å². The third-order valence-electron chi connectivity index (χ3n) is 6.74. The topological polar surface area (TPSA) is 86.7 Å². The minimum atomic E-state index is -0.438. The van der Waals surface area contributed by atoms with E-state index in [1.54, 1.807) is 12.0 Å². The van der Waals surface area contributed by atoms with E-state index in [9.17, 15) is 9.59 Å². The van der Waals surface area contributed by atoms with Gasteiger partial charge >= 0.3 is 6.03 Å². The summed E-state index contributed by atoms with van der Waals surface area (Å²) in [6, 6.07) is 14.5. The monoisotopic (exact) mass is 555 g/mol. The minimum absolute atomic E-state index is 0.0990. The number of urea groups is 1. The Morgan fingerprint density at radius 1 is 1.13 bits per heavy atom. The number of nitrogens with zero attached hydrogens (tertiary/aromatic N) is 4. The fourth-order valence-electron chi connectivity index (χ4n) is 4.66. The molecule has 9 nitrogen and oxygen atoms in total. The average molecular weight is 556 g/mol. The Labute approximate surface area is 235 Å². The molecule has 1 saturated heterocycles. The summed E-state index contributed by atoms with van der Waals surface area (Å²) < 4.78 is 10.8. The number of hydrogen-bond acceptors (Lipinski definition) is 6. The van der Waals surface area contributed by atoms with Crippen LogP contribution in [-0.4, -0.2) is 91.0 Å². The third kappa shape index (κ3) is 7.71. The first-order valence-corrected chi connectivity index (χ1v) is 13.7. The molecule has 2 heterocycles. The van der Waals surface area contributed by atoms with Gasteiger partial charge in [-0.25, -0.2) is 9.80 Å². The molecular weight excluding hydrogens is 518 g/mol. The maximum atomic E-state index is 13.9. The van der Waals surface area contributed by atoms with Gasteiger partial charge in [0.15, 0.2) is 0 Å². The SMILES string of the molecule is COc1ccc([C@H]2CC(c3ccccc3Cl)=NN2C(=O)CN(CCN2CCOCC2)C(=O)NC(C)(C)C)cc1. The van der Waals surface area contributed by atoms with Crippen LogP contribution in [0.15, 0.2) is 53.6 Å². The summed E-state index contributed by atoms with van der Waals surface area (Å²) in [4.78, 5) is 30.9. The molecule has 1 atom stereocenters. The van der Waals surface area contributed by atoms with Crippen molar-refractivity contribution in [3.8, 4) is 5.75 Å². The lowest BCUT2D eigenvalue weighted by Gasteiger charge is -2.32. The molecule has 210 valence electrons. The number of methoxy groups -OCH3 is 1. The summed E-state index contributed by atoms with van der Waals surface area (Å²) in [6.07, 6.45) is 0.504. The zero-order chi connectivity index (χ0) is 28.0. The second-order valence-corrected chi connectivity index (χ2v) is 11.2. The second kappa shape index (κ2) is 12.8. The molecule has 10 heteroatoms. The van der Waals surface area contributed by atoms with E-state index < -0.39 is 5.54 Å². The highest BCUT2D eigenvalue weighted by atomic mass is 35.5. The average Bonchev–Trinajstić information content (AvgIpc) is 3.36. The summed E-state index contributed by atoms with van der Waals surface area (Å²) in [7, 11) is 1.62. The van der Waals surface area contributed by atoms with Gasteiger partial charge in [0.25, 0.3) is 5.91 Å². The zero-order valence-corrected chi connectivity index (χ0v) is 23.9. The van der Waals surface area contributed by atoms with E-state index >= 15 is 0 Å². The number of halogens is 1. The highest BCUT2D eigenvalue weighted by Crippen LogP contribution is 2.35. The van der Waals surface area contributed by atoms with E-state index in [4.69, 9.17) is 26.2 Å². The molecule has 0 radical (unpaired) electrons. The van der Waals surface area contributed by atoms with Gasteiger partial charge in [-0.15, -0.1) is 0 Å². The highest BCUT2D eigenvalue weighted by Gasteiger charge is 2.35. The van der Waals surface area contributed by atoms with Crippen LogP contribution in [0.2, 0.25) is 5.02 Å². The Balaban J connectivity index is 1.58. The fourth-order valence-corrected chi connectivity index (χ4v) is 4.90.